The lowest BCUT2D eigenvalue weighted by Gasteiger charge is -2.43. The third kappa shape index (κ3) is 3.60. The molecule has 0 aliphatic heterocycles. The quantitative estimate of drug-likeness (QED) is 0.285. The number of aliphatic carboxylic acids is 2. The second-order valence-electron chi connectivity index (χ2n) is 10.1. The van der Waals surface area contributed by atoms with Crippen molar-refractivity contribution >= 4 is 35.1 Å². The van der Waals surface area contributed by atoms with Gasteiger partial charge in [0, 0.05) is 34.1 Å². The number of Topliss-reactive ketones (excluding diaryl/α,β-unsaturated/α-hetero) is 4. The number of benzene rings is 2. The highest BCUT2D eigenvalue weighted by Crippen LogP contribution is 2.63. The molecule has 2 aromatic rings. The van der Waals surface area contributed by atoms with Crippen LogP contribution in [0.4, 0.5) is 0 Å². The molecule has 3 aliphatic carbocycles. The van der Waals surface area contributed by atoms with E-state index in [9.17, 15) is 59.4 Å². The van der Waals surface area contributed by atoms with Crippen molar-refractivity contribution in [1.29, 1.82) is 0 Å². The van der Waals surface area contributed by atoms with E-state index >= 15 is 0 Å². The third-order valence-electron chi connectivity index (χ3n) is 7.91. The van der Waals surface area contributed by atoms with Crippen LogP contribution < -0.4 is 0 Å². The van der Waals surface area contributed by atoms with Crippen LogP contribution >= 0.6 is 0 Å². The van der Waals surface area contributed by atoms with Crippen LogP contribution in [0.5, 0.6) is 11.5 Å². The molecule has 0 amide bonds. The lowest BCUT2D eigenvalue weighted by Crippen LogP contribution is -2.52. The van der Waals surface area contributed by atoms with Gasteiger partial charge in [-0.1, -0.05) is 24.3 Å². The Bertz CT molecular complexity index is 1580. The first-order valence-electron chi connectivity index (χ1n) is 12.2. The van der Waals surface area contributed by atoms with Gasteiger partial charge in [0.05, 0.1) is 41.6 Å². The van der Waals surface area contributed by atoms with Gasteiger partial charge >= 0.3 is 11.9 Å². The molecular weight excluding hydrogens is 528 g/mol. The number of allylic oxidation sites excluding steroid dienone is 1. The Kier molecular flexibility index (Phi) is 6.20. The van der Waals surface area contributed by atoms with Crippen LogP contribution in [0.1, 0.15) is 60.7 Å². The topological polar surface area (TPSA) is 224 Å². The van der Waals surface area contributed by atoms with Crippen LogP contribution in [0.15, 0.2) is 47.5 Å². The zero-order valence-electron chi connectivity index (χ0n) is 20.5. The van der Waals surface area contributed by atoms with Gasteiger partial charge in [-0.3, -0.25) is 28.8 Å². The summed E-state index contributed by atoms with van der Waals surface area (Å²) in [4.78, 5) is 79.4. The Morgan fingerprint density at radius 2 is 1.38 bits per heavy atom. The number of phenols is 2. The Hall–Kier alpha value is -4.68. The summed E-state index contributed by atoms with van der Waals surface area (Å²) < 4.78 is 0. The number of hydrogen-bond acceptors (Lipinski definition) is 10. The molecule has 12 nitrogen and oxygen atoms in total. The predicted octanol–water partition coefficient (Wildman–Crippen LogP) is 1.15. The maximum atomic E-state index is 14.4. The lowest BCUT2D eigenvalue weighted by atomic mass is 9.56. The minimum Gasteiger partial charge on any atom is -0.507 e. The van der Waals surface area contributed by atoms with Crippen LogP contribution in [0.2, 0.25) is 0 Å². The van der Waals surface area contributed by atoms with Crippen molar-refractivity contribution in [3.8, 4) is 11.5 Å². The van der Waals surface area contributed by atoms with E-state index in [0.29, 0.717) is 0 Å². The number of phenolic OH excluding ortho intramolecular Hbond substituents is 2. The summed E-state index contributed by atoms with van der Waals surface area (Å²) in [5.74, 6) is -11.9. The molecule has 3 aliphatic rings. The Morgan fingerprint density at radius 1 is 0.800 bits per heavy atom. The van der Waals surface area contributed by atoms with Crippen molar-refractivity contribution in [3.63, 3.8) is 0 Å². The van der Waals surface area contributed by atoms with Crippen molar-refractivity contribution in [2.75, 3.05) is 0 Å². The van der Waals surface area contributed by atoms with Gasteiger partial charge in [0.2, 0.25) is 0 Å². The number of aromatic hydroxyl groups is 2. The fraction of sp³-hybridized carbons (Fsp3) is 0.286. The predicted molar refractivity (Wildman–Crippen MR) is 131 cm³/mol. The minimum atomic E-state index is -2.43. The normalized spacial score (nSPS) is 24.6. The van der Waals surface area contributed by atoms with E-state index in [0.717, 1.165) is 12.1 Å². The first-order chi connectivity index (χ1) is 18.8. The summed E-state index contributed by atoms with van der Waals surface area (Å²) >= 11 is 0. The van der Waals surface area contributed by atoms with Gasteiger partial charge in [-0.25, -0.2) is 0 Å². The Labute approximate surface area is 224 Å². The summed E-state index contributed by atoms with van der Waals surface area (Å²) in [5.41, 5.74) is -5.23. The van der Waals surface area contributed by atoms with Crippen molar-refractivity contribution in [2.24, 2.45) is 17.3 Å². The fourth-order valence-corrected chi connectivity index (χ4v) is 6.58. The molecule has 0 fully saturated rings. The second kappa shape index (κ2) is 9.21. The van der Waals surface area contributed by atoms with Crippen LogP contribution in [0.3, 0.4) is 0 Å². The molecule has 206 valence electrons. The largest absolute Gasteiger partial charge is 0.507 e. The van der Waals surface area contributed by atoms with Gasteiger partial charge in [0.25, 0.3) is 0 Å². The average Bonchev–Trinajstić information content (AvgIpc) is 3.17. The molecule has 5 atom stereocenters. The monoisotopic (exact) mass is 550 g/mol. The number of aliphatic hydroxyl groups is 2. The van der Waals surface area contributed by atoms with Gasteiger partial charge in [-0.05, 0) is 18.6 Å². The van der Waals surface area contributed by atoms with Gasteiger partial charge in [-0.2, -0.15) is 0 Å². The average molecular weight is 550 g/mol. The zero-order chi connectivity index (χ0) is 29.3. The van der Waals surface area contributed by atoms with E-state index < -0.39 is 118 Å². The molecular formula is C28H22O12. The van der Waals surface area contributed by atoms with E-state index in [1.165, 1.54) is 24.3 Å². The molecule has 0 heterocycles. The van der Waals surface area contributed by atoms with E-state index in [-0.39, 0.29) is 11.1 Å². The number of rotatable bonds is 7. The van der Waals surface area contributed by atoms with E-state index in [2.05, 4.69) is 0 Å². The molecule has 0 spiro atoms. The van der Waals surface area contributed by atoms with Crippen molar-refractivity contribution in [3.05, 3.63) is 69.8 Å². The van der Waals surface area contributed by atoms with Crippen LogP contribution in [-0.2, 0) is 9.59 Å². The van der Waals surface area contributed by atoms with Crippen molar-refractivity contribution in [2.45, 2.75) is 31.5 Å². The number of carboxylic acids is 2. The number of ketones is 4. The smallest absolute Gasteiger partial charge is 0.305 e. The number of carbonyl (C=O) groups is 6. The van der Waals surface area contributed by atoms with Gasteiger partial charge in [0.1, 0.15) is 11.5 Å². The summed E-state index contributed by atoms with van der Waals surface area (Å²) in [6.45, 7) is 0. The third-order valence-corrected chi connectivity index (χ3v) is 7.91. The zero-order valence-corrected chi connectivity index (χ0v) is 20.5. The van der Waals surface area contributed by atoms with E-state index in [4.69, 9.17) is 0 Å². The number of fused-ring (bicyclic) bond motifs is 4. The molecule has 2 aromatic carbocycles. The number of hydrogen-bond donors (Lipinski definition) is 6. The molecule has 3 unspecified atom stereocenters. The van der Waals surface area contributed by atoms with Crippen molar-refractivity contribution < 1.29 is 59.4 Å². The molecule has 0 saturated heterocycles. The molecule has 0 saturated carbocycles. The van der Waals surface area contributed by atoms with E-state index in [1.807, 2.05) is 0 Å². The standard InChI is InChI=1S/C28H22O12/c29-10(7-16(33)34)9-28-22(26(39)19-12(27(28)40)4-2-6-14(19)31)20(15(32)8-17(35)36)21-23(28)25(38)18-11(24(21)37)3-1-5-13(18)30/h1-6,10,15,20,22,29-32H,7-9H2,(H,33,34)(H,35,36)/t10-,15-,20?,22?,28?/m1/s1. The number of carboxylic acid groups (broad SMARTS) is 2. The number of aliphatic hydroxyl groups excluding tert-OH is 2. The first kappa shape index (κ1) is 26.9. The summed E-state index contributed by atoms with van der Waals surface area (Å²) in [7, 11) is 0. The van der Waals surface area contributed by atoms with Gasteiger partial charge in [0.15, 0.2) is 23.1 Å². The molecule has 0 radical (unpaired) electrons. The fourth-order valence-electron chi connectivity index (χ4n) is 6.58. The maximum absolute atomic E-state index is 14.4. The Balaban J connectivity index is 1.88. The summed E-state index contributed by atoms with van der Waals surface area (Å²) in [6, 6.07) is 7.14. The Morgan fingerprint density at radius 3 is 1.98 bits per heavy atom. The molecule has 40 heavy (non-hydrogen) atoms. The maximum Gasteiger partial charge on any atom is 0.305 e. The molecule has 6 N–H and O–H groups in total. The first-order valence-corrected chi connectivity index (χ1v) is 12.2. The van der Waals surface area contributed by atoms with Crippen LogP contribution in [-0.4, -0.2) is 77.9 Å². The van der Waals surface area contributed by atoms with Crippen molar-refractivity contribution in [1.82, 2.24) is 0 Å². The summed E-state index contributed by atoms with van der Waals surface area (Å²) in [6.07, 6.45) is -6.62. The summed E-state index contributed by atoms with van der Waals surface area (Å²) in [5, 5.41) is 61.6. The van der Waals surface area contributed by atoms with Gasteiger partial charge < -0.3 is 30.6 Å². The van der Waals surface area contributed by atoms with E-state index in [1.54, 1.807) is 0 Å². The second-order valence-corrected chi connectivity index (χ2v) is 10.1. The highest BCUT2D eigenvalue weighted by Gasteiger charge is 2.69. The number of carbonyl (C=O) groups excluding carboxylic acids is 4. The molecule has 5 rings (SSSR count). The SMILES string of the molecule is O=C(O)C[C@@H](O)CC12C(=O)c3cccc(O)c3C(=O)C1C([C@H](O)CC(=O)O)C1=C2C(=O)c2c(O)cccc2C1=O. The minimum absolute atomic E-state index is 0.309. The molecule has 12 heteroatoms. The van der Waals surface area contributed by atoms with Gasteiger partial charge in [-0.15, -0.1) is 0 Å². The molecule has 0 bridgehead atoms. The lowest BCUT2D eigenvalue weighted by molar-refractivity contribution is -0.141. The highest BCUT2D eigenvalue weighted by molar-refractivity contribution is 6.34. The molecule has 0 aromatic heterocycles. The van der Waals surface area contributed by atoms with Crippen LogP contribution in [0, 0.1) is 17.3 Å². The van der Waals surface area contributed by atoms with Crippen LogP contribution in [0.25, 0.3) is 0 Å². The highest BCUT2D eigenvalue weighted by atomic mass is 16.4.